The van der Waals surface area contributed by atoms with Crippen molar-refractivity contribution in [3.05, 3.63) is 12.2 Å². The third-order valence-electron chi connectivity index (χ3n) is 0.788. The van der Waals surface area contributed by atoms with Gasteiger partial charge in [-0.2, -0.15) is 0 Å². The number of hydrogen-bond donors (Lipinski definition) is 0. The fourth-order valence-electron chi connectivity index (χ4n) is 0.369. The highest BCUT2D eigenvalue weighted by molar-refractivity contribution is 5.59. The number of hydrogen-bond acceptors (Lipinski definition) is 2. The molecule has 0 aromatic carbocycles. The van der Waals surface area contributed by atoms with Gasteiger partial charge in [-0.25, -0.2) is 0 Å². The molecular formula is C6H10O2. The average Bonchev–Trinajstić information content (AvgIpc) is 1.83. The van der Waals surface area contributed by atoms with Gasteiger partial charge in [-0.1, -0.05) is 12.2 Å². The van der Waals surface area contributed by atoms with Crippen LogP contribution >= 0.6 is 0 Å². The molecule has 0 saturated heterocycles. The van der Waals surface area contributed by atoms with E-state index in [1.54, 1.807) is 12.2 Å². The molecule has 1 unspecified atom stereocenters. The van der Waals surface area contributed by atoms with E-state index in [-0.39, 0.29) is 6.10 Å². The molecule has 0 aromatic heterocycles. The largest absolute Gasteiger partial charge is 0.370 e. The van der Waals surface area contributed by atoms with Gasteiger partial charge in [-0.05, 0) is 6.92 Å². The second kappa shape index (κ2) is 4.53. The lowest BCUT2D eigenvalue weighted by Crippen LogP contribution is -2.06. The molecule has 0 fully saturated rings. The van der Waals surface area contributed by atoms with Gasteiger partial charge in [0.05, 0.1) is 0 Å². The van der Waals surface area contributed by atoms with Crippen LogP contribution in [0.15, 0.2) is 12.2 Å². The second-order valence-corrected chi connectivity index (χ2v) is 1.36. The molecule has 0 rings (SSSR count). The summed E-state index contributed by atoms with van der Waals surface area (Å²) in [6, 6.07) is 0. The maximum absolute atomic E-state index is 9.95. The van der Waals surface area contributed by atoms with Crippen molar-refractivity contribution in [2.45, 2.75) is 13.0 Å². The van der Waals surface area contributed by atoms with Crippen LogP contribution in [0.25, 0.3) is 0 Å². The maximum Gasteiger partial charge on any atom is 0.152 e. The zero-order valence-electron chi connectivity index (χ0n) is 5.13. The Morgan fingerprint density at radius 1 is 1.62 bits per heavy atom. The summed E-state index contributed by atoms with van der Waals surface area (Å²) in [6.45, 7) is 1.84. The summed E-state index contributed by atoms with van der Waals surface area (Å²) in [5.74, 6) is 0. The zero-order valence-corrected chi connectivity index (χ0v) is 5.13. The minimum absolute atomic E-state index is 0.361. The van der Waals surface area contributed by atoms with Crippen molar-refractivity contribution < 1.29 is 9.53 Å². The van der Waals surface area contributed by atoms with Gasteiger partial charge in [-0.15, -0.1) is 0 Å². The van der Waals surface area contributed by atoms with E-state index in [0.29, 0.717) is 0 Å². The maximum atomic E-state index is 9.95. The third-order valence-corrected chi connectivity index (χ3v) is 0.788. The standard InChI is InChI=1S/C6H10O2/c1-3-4-6(5-7)8-2/h3-6H,1-2H3. The topological polar surface area (TPSA) is 26.3 Å². The van der Waals surface area contributed by atoms with Gasteiger partial charge in [0.1, 0.15) is 6.10 Å². The Morgan fingerprint density at radius 2 is 2.25 bits per heavy atom. The van der Waals surface area contributed by atoms with Crippen LogP contribution in [0.3, 0.4) is 0 Å². The van der Waals surface area contributed by atoms with Crippen LogP contribution < -0.4 is 0 Å². The number of allylic oxidation sites excluding steroid dienone is 1. The van der Waals surface area contributed by atoms with Crippen LogP contribution in [0.2, 0.25) is 0 Å². The van der Waals surface area contributed by atoms with Gasteiger partial charge in [0.25, 0.3) is 0 Å². The summed E-state index contributed by atoms with van der Waals surface area (Å²) in [5, 5.41) is 0. The van der Waals surface area contributed by atoms with E-state index >= 15 is 0 Å². The Hall–Kier alpha value is -0.630. The van der Waals surface area contributed by atoms with Crippen molar-refractivity contribution in [3.63, 3.8) is 0 Å². The van der Waals surface area contributed by atoms with E-state index in [4.69, 9.17) is 0 Å². The molecule has 0 saturated carbocycles. The van der Waals surface area contributed by atoms with Crippen LogP contribution in [0.4, 0.5) is 0 Å². The van der Waals surface area contributed by atoms with Crippen molar-refractivity contribution in [1.82, 2.24) is 0 Å². The highest BCUT2D eigenvalue weighted by Gasteiger charge is 1.94. The second-order valence-electron chi connectivity index (χ2n) is 1.36. The summed E-state index contributed by atoms with van der Waals surface area (Å²) in [4.78, 5) is 9.95. The van der Waals surface area contributed by atoms with Crippen molar-refractivity contribution in [2.75, 3.05) is 7.11 Å². The molecule has 0 bridgehead atoms. The summed E-state index contributed by atoms with van der Waals surface area (Å²) >= 11 is 0. The molecule has 2 heteroatoms. The normalized spacial score (nSPS) is 14.2. The highest BCUT2D eigenvalue weighted by Crippen LogP contribution is 1.85. The summed E-state index contributed by atoms with van der Waals surface area (Å²) in [7, 11) is 1.50. The molecule has 8 heavy (non-hydrogen) atoms. The van der Waals surface area contributed by atoms with Crippen LogP contribution in [-0.2, 0) is 9.53 Å². The monoisotopic (exact) mass is 114 g/mol. The predicted octanol–water partition coefficient (Wildman–Crippen LogP) is 0.776. The SMILES string of the molecule is CC=CC(C=O)OC. The first kappa shape index (κ1) is 7.37. The van der Waals surface area contributed by atoms with Crippen molar-refractivity contribution in [2.24, 2.45) is 0 Å². The number of ether oxygens (including phenoxy) is 1. The van der Waals surface area contributed by atoms with Crippen molar-refractivity contribution in [1.29, 1.82) is 0 Å². The van der Waals surface area contributed by atoms with Crippen molar-refractivity contribution in [3.8, 4) is 0 Å². The molecule has 46 valence electrons. The molecule has 0 radical (unpaired) electrons. The van der Waals surface area contributed by atoms with Gasteiger partial charge >= 0.3 is 0 Å². The van der Waals surface area contributed by atoms with Crippen LogP contribution in [-0.4, -0.2) is 19.5 Å². The lowest BCUT2D eigenvalue weighted by molar-refractivity contribution is -0.114. The number of aldehydes is 1. The van der Waals surface area contributed by atoms with E-state index in [1.165, 1.54) is 7.11 Å². The van der Waals surface area contributed by atoms with E-state index < -0.39 is 0 Å². The van der Waals surface area contributed by atoms with E-state index in [9.17, 15) is 4.79 Å². The summed E-state index contributed by atoms with van der Waals surface area (Å²) < 4.78 is 4.69. The molecule has 1 atom stereocenters. The molecule has 0 aliphatic heterocycles. The first-order valence-electron chi connectivity index (χ1n) is 2.46. The number of rotatable bonds is 3. The lowest BCUT2D eigenvalue weighted by atomic mass is 10.3. The molecule has 0 aromatic rings. The van der Waals surface area contributed by atoms with Gasteiger partial charge in [-0.3, -0.25) is 0 Å². The summed E-state index contributed by atoms with van der Waals surface area (Å²) in [5.41, 5.74) is 0. The van der Waals surface area contributed by atoms with E-state index in [0.717, 1.165) is 6.29 Å². The fraction of sp³-hybridized carbons (Fsp3) is 0.500. The molecule has 2 nitrogen and oxygen atoms in total. The Bertz CT molecular complexity index is 86.5. The van der Waals surface area contributed by atoms with E-state index in [2.05, 4.69) is 4.74 Å². The molecule has 0 aliphatic rings. The zero-order chi connectivity index (χ0) is 6.41. The van der Waals surface area contributed by atoms with Gasteiger partial charge in [0.15, 0.2) is 6.29 Å². The first-order chi connectivity index (χ1) is 3.85. The minimum Gasteiger partial charge on any atom is -0.370 e. The van der Waals surface area contributed by atoms with Gasteiger partial charge < -0.3 is 9.53 Å². The Balaban J connectivity index is 3.52. The summed E-state index contributed by atoms with van der Waals surface area (Å²) in [6.07, 6.45) is 3.86. The molecule has 0 spiro atoms. The van der Waals surface area contributed by atoms with Gasteiger partial charge in [0.2, 0.25) is 0 Å². The Kier molecular flexibility index (Phi) is 4.17. The van der Waals surface area contributed by atoms with Crippen molar-refractivity contribution >= 4 is 6.29 Å². The first-order valence-corrected chi connectivity index (χ1v) is 2.46. The number of methoxy groups -OCH3 is 1. The lowest BCUT2D eigenvalue weighted by Gasteiger charge is -1.97. The molecular weight excluding hydrogens is 104 g/mol. The smallest absolute Gasteiger partial charge is 0.152 e. The average molecular weight is 114 g/mol. The molecule has 0 N–H and O–H groups in total. The molecule has 0 amide bonds. The Morgan fingerprint density at radius 3 is 2.38 bits per heavy atom. The molecule has 0 aliphatic carbocycles. The number of carbonyl (C=O) groups excluding carboxylic acids is 1. The van der Waals surface area contributed by atoms with E-state index in [1.807, 2.05) is 6.92 Å². The highest BCUT2D eigenvalue weighted by atomic mass is 16.5. The van der Waals surface area contributed by atoms with Crippen LogP contribution in [0, 0.1) is 0 Å². The Labute approximate surface area is 49.1 Å². The predicted molar refractivity (Wildman–Crippen MR) is 31.7 cm³/mol. The quantitative estimate of drug-likeness (QED) is 0.400. The van der Waals surface area contributed by atoms with Crippen LogP contribution in [0.1, 0.15) is 6.92 Å². The minimum atomic E-state index is -0.361. The number of carbonyl (C=O) groups is 1. The van der Waals surface area contributed by atoms with Crippen LogP contribution in [0.5, 0.6) is 0 Å². The third kappa shape index (κ3) is 2.53. The van der Waals surface area contributed by atoms with Gasteiger partial charge in [0, 0.05) is 7.11 Å². The molecule has 0 heterocycles. The fourth-order valence-corrected chi connectivity index (χ4v) is 0.369.